The van der Waals surface area contributed by atoms with E-state index in [0.29, 0.717) is 28.4 Å². The molecule has 0 bridgehead atoms. The third-order valence-electron chi connectivity index (χ3n) is 3.70. The van der Waals surface area contributed by atoms with Gasteiger partial charge in [0.1, 0.15) is 17.2 Å². The number of aromatic amines is 1. The summed E-state index contributed by atoms with van der Waals surface area (Å²) in [4.78, 5) is 30.7. The first-order chi connectivity index (χ1) is 12.6. The van der Waals surface area contributed by atoms with Crippen LogP contribution in [-0.4, -0.2) is 30.1 Å². The fourth-order valence-electron chi connectivity index (χ4n) is 2.39. The van der Waals surface area contributed by atoms with Gasteiger partial charge in [-0.2, -0.15) is 4.98 Å². The van der Waals surface area contributed by atoms with Crippen LogP contribution < -0.4 is 20.5 Å². The molecule has 1 amide bonds. The molecule has 0 fully saturated rings. The molecule has 26 heavy (non-hydrogen) atoms. The summed E-state index contributed by atoms with van der Waals surface area (Å²) < 4.78 is 10.2. The van der Waals surface area contributed by atoms with Crippen LogP contribution in [0.5, 0.6) is 11.5 Å². The second-order valence-corrected chi connectivity index (χ2v) is 5.40. The minimum Gasteiger partial charge on any atom is -0.497 e. The number of methoxy groups -OCH3 is 2. The lowest BCUT2D eigenvalue weighted by atomic mass is 10.1. The SMILES string of the molecule is COc1ccc(-c2cc(C(=O)Nc3cccc(OC)c3)[nH]c(=O)n2)cc1. The predicted octanol–water partition coefficient (Wildman–Crippen LogP) is 2.71. The van der Waals surface area contributed by atoms with Gasteiger partial charge in [-0.3, -0.25) is 4.79 Å². The molecule has 0 aliphatic rings. The van der Waals surface area contributed by atoms with Crippen molar-refractivity contribution in [1.29, 1.82) is 0 Å². The Labute approximate surface area is 149 Å². The van der Waals surface area contributed by atoms with E-state index in [2.05, 4.69) is 15.3 Å². The number of carbonyl (C=O) groups is 1. The number of amides is 1. The van der Waals surface area contributed by atoms with Gasteiger partial charge >= 0.3 is 5.69 Å². The van der Waals surface area contributed by atoms with Crippen LogP contribution in [0.4, 0.5) is 5.69 Å². The monoisotopic (exact) mass is 351 g/mol. The van der Waals surface area contributed by atoms with Gasteiger partial charge in [-0.05, 0) is 42.5 Å². The van der Waals surface area contributed by atoms with Crippen LogP contribution in [0.3, 0.4) is 0 Å². The fraction of sp³-hybridized carbons (Fsp3) is 0.105. The van der Waals surface area contributed by atoms with Gasteiger partial charge in [-0.15, -0.1) is 0 Å². The molecule has 3 rings (SSSR count). The smallest absolute Gasteiger partial charge is 0.346 e. The largest absolute Gasteiger partial charge is 0.497 e. The van der Waals surface area contributed by atoms with Gasteiger partial charge in [-0.25, -0.2) is 4.79 Å². The van der Waals surface area contributed by atoms with Gasteiger partial charge in [0.25, 0.3) is 5.91 Å². The average Bonchev–Trinajstić information content (AvgIpc) is 2.67. The van der Waals surface area contributed by atoms with Gasteiger partial charge < -0.3 is 19.8 Å². The van der Waals surface area contributed by atoms with E-state index < -0.39 is 11.6 Å². The minimum atomic E-state index is -0.603. The Morgan fingerprint density at radius 1 is 1.00 bits per heavy atom. The Hall–Kier alpha value is -3.61. The number of H-pyrrole nitrogens is 1. The lowest BCUT2D eigenvalue weighted by molar-refractivity contribution is 0.102. The molecule has 2 N–H and O–H groups in total. The molecule has 0 aliphatic heterocycles. The Kier molecular flexibility index (Phi) is 4.98. The minimum absolute atomic E-state index is 0.110. The zero-order valence-corrected chi connectivity index (χ0v) is 14.3. The molecule has 7 heteroatoms. The van der Waals surface area contributed by atoms with Crippen molar-refractivity contribution in [2.45, 2.75) is 0 Å². The Morgan fingerprint density at radius 2 is 1.73 bits per heavy atom. The van der Waals surface area contributed by atoms with Crippen LogP contribution in [0.25, 0.3) is 11.3 Å². The Balaban J connectivity index is 1.88. The number of nitrogens with zero attached hydrogens (tertiary/aromatic N) is 1. The molecular formula is C19H17N3O4. The summed E-state index contributed by atoms with van der Waals surface area (Å²) in [7, 11) is 3.11. The first kappa shape index (κ1) is 17.2. The number of aromatic nitrogens is 2. The molecule has 1 heterocycles. The molecule has 132 valence electrons. The zero-order chi connectivity index (χ0) is 18.5. The van der Waals surface area contributed by atoms with Gasteiger partial charge in [0.2, 0.25) is 0 Å². The first-order valence-corrected chi connectivity index (χ1v) is 7.80. The van der Waals surface area contributed by atoms with Crippen molar-refractivity contribution in [2.24, 2.45) is 0 Å². The third kappa shape index (κ3) is 3.89. The van der Waals surface area contributed by atoms with E-state index in [4.69, 9.17) is 9.47 Å². The van der Waals surface area contributed by atoms with E-state index in [-0.39, 0.29) is 5.69 Å². The average molecular weight is 351 g/mol. The number of anilines is 1. The van der Waals surface area contributed by atoms with Crippen molar-refractivity contribution in [3.05, 3.63) is 70.8 Å². The highest BCUT2D eigenvalue weighted by molar-refractivity contribution is 6.03. The third-order valence-corrected chi connectivity index (χ3v) is 3.70. The summed E-state index contributed by atoms with van der Waals surface area (Å²) in [5.74, 6) is 0.854. The molecule has 0 saturated carbocycles. The van der Waals surface area contributed by atoms with Crippen molar-refractivity contribution < 1.29 is 14.3 Å². The summed E-state index contributed by atoms with van der Waals surface area (Å²) in [6.07, 6.45) is 0. The van der Waals surface area contributed by atoms with Gasteiger partial charge in [0.15, 0.2) is 0 Å². The van der Waals surface area contributed by atoms with Gasteiger partial charge in [-0.1, -0.05) is 6.07 Å². The molecule has 7 nitrogen and oxygen atoms in total. The van der Waals surface area contributed by atoms with Crippen molar-refractivity contribution >= 4 is 11.6 Å². The van der Waals surface area contributed by atoms with E-state index in [0.717, 1.165) is 0 Å². The van der Waals surface area contributed by atoms with Crippen molar-refractivity contribution in [2.75, 3.05) is 19.5 Å². The van der Waals surface area contributed by atoms with Crippen LogP contribution in [0.1, 0.15) is 10.5 Å². The Bertz CT molecular complexity index is 981. The van der Waals surface area contributed by atoms with Crippen LogP contribution >= 0.6 is 0 Å². The van der Waals surface area contributed by atoms with Crippen molar-refractivity contribution in [3.63, 3.8) is 0 Å². The second-order valence-electron chi connectivity index (χ2n) is 5.40. The van der Waals surface area contributed by atoms with E-state index in [9.17, 15) is 9.59 Å². The maximum absolute atomic E-state index is 12.5. The van der Waals surface area contributed by atoms with E-state index in [1.165, 1.54) is 6.07 Å². The van der Waals surface area contributed by atoms with Gasteiger partial charge in [0.05, 0.1) is 19.9 Å². The molecule has 3 aromatic rings. The maximum atomic E-state index is 12.5. The number of carbonyl (C=O) groups excluding carboxylic acids is 1. The van der Waals surface area contributed by atoms with Crippen molar-refractivity contribution in [1.82, 2.24) is 9.97 Å². The Morgan fingerprint density at radius 3 is 2.42 bits per heavy atom. The standard InChI is InChI=1S/C19H17N3O4/c1-25-14-8-6-12(7-9-14)16-11-17(22-19(24)21-16)18(23)20-13-4-3-5-15(10-13)26-2/h3-11H,1-2H3,(H,20,23)(H,21,22,24). The number of ether oxygens (including phenoxy) is 2. The van der Waals surface area contributed by atoms with Gasteiger partial charge in [0, 0.05) is 17.3 Å². The molecule has 0 saturated heterocycles. The zero-order valence-electron chi connectivity index (χ0n) is 14.3. The quantitative estimate of drug-likeness (QED) is 0.737. The molecule has 1 aromatic heterocycles. The summed E-state index contributed by atoms with van der Waals surface area (Å²) >= 11 is 0. The van der Waals surface area contributed by atoms with Crippen LogP contribution in [0, 0.1) is 0 Å². The predicted molar refractivity (Wildman–Crippen MR) is 97.8 cm³/mol. The lowest BCUT2D eigenvalue weighted by Crippen LogP contribution is -2.21. The molecule has 0 unspecified atom stereocenters. The summed E-state index contributed by atoms with van der Waals surface area (Å²) in [5, 5.41) is 2.72. The lowest BCUT2D eigenvalue weighted by Gasteiger charge is -2.08. The summed E-state index contributed by atoms with van der Waals surface area (Å²) in [5.41, 5.74) is 1.16. The second kappa shape index (κ2) is 7.52. The molecule has 0 radical (unpaired) electrons. The summed E-state index contributed by atoms with van der Waals surface area (Å²) in [6.45, 7) is 0. The number of benzene rings is 2. The first-order valence-electron chi connectivity index (χ1n) is 7.80. The van der Waals surface area contributed by atoms with E-state index in [1.54, 1.807) is 62.8 Å². The van der Waals surface area contributed by atoms with E-state index in [1.807, 2.05) is 0 Å². The highest BCUT2D eigenvalue weighted by Gasteiger charge is 2.11. The van der Waals surface area contributed by atoms with Crippen LogP contribution in [0.2, 0.25) is 0 Å². The van der Waals surface area contributed by atoms with Crippen molar-refractivity contribution in [3.8, 4) is 22.8 Å². The normalized spacial score (nSPS) is 10.2. The number of rotatable bonds is 5. The highest BCUT2D eigenvalue weighted by Crippen LogP contribution is 2.21. The van der Waals surface area contributed by atoms with Crippen LogP contribution in [0.15, 0.2) is 59.4 Å². The topological polar surface area (TPSA) is 93.3 Å². The molecular weight excluding hydrogens is 334 g/mol. The highest BCUT2D eigenvalue weighted by atomic mass is 16.5. The molecule has 2 aromatic carbocycles. The molecule has 0 aliphatic carbocycles. The summed E-state index contributed by atoms with van der Waals surface area (Å²) in [6, 6.07) is 15.5. The number of hydrogen-bond donors (Lipinski definition) is 2. The van der Waals surface area contributed by atoms with Crippen LogP contribution in [-0.2, 0) is 0 Å². The molecule has 0 spiro atoms. The molecule has 0 atom stereocenters. The number of nitrogens with one attached hydrogen (secondary N) is 2. The number of hydrogen-bond acceptors (Lipinski definition) is 5. The maximum Gasteiger partial charge on any atom is 0.346 e. The fourth-order valence-corrected chi connectivity index (χ4v) is 2.39. The van der Waals surface area contributed by atoms with E-state index >= 15 is 0 Å².